The lowest BCUT2D eigenvalue weighted by Crippen LogP contribution is -2.49. The number of aryl methyl sites for hydroxylation is 6. The fourth-order valence-corrected chi connectivity index (χ4v) is 6.56. The fraction of sp³-hybridized carbons (Fsp3) is 0.342. The second-order valence-corrected chi connectivity index (χ2v) is 14.0. The molecule has 0 radical (unpaired) electrons. The van der Waals surface area contributed by atoms with E-state index in [1.165, 1.54) is 81.1 Å². The summed E-state index contributed by atoms with van der Waals surface area (Å²) in [6, 6.07) is 10.4. The van der Waals surface area contributed by atoms with Crippen LogP contribution in [-0.4, -0.2) is 90.6 Å². The number of nitrogens with zero attached hydrogens (tertiary/aromatic N) is 10. The van der Waals surface area contributed by atoms with Gasteiger partial charge in [0, 0.05) is 38.3 Å². The van der Waals surface area contributed by atoms with Crippen LogP contribution in [0.2, 0.25) is 0 Å². The zero-order chi connectivity index (χ0) is 47.1. The number of fused-ring (bicyclic) bond motifs is 2. The predicted octanol–water partition coefficient (Wildman–Crippen LogP) is 3.61. The van der Waals surface area contributed by atoms with Crippen molar-refractivity contribution in [3.05, 3.63) is 93.7 Å². The zero-order valence-electron chi connectivity index (χ0n) is 34.2. The lowest BCUT2D eigenvalue weighted by molar-refractivity contribution is -0.221. The molecule has 4 heterocycles. The average molecular weight is 893 g/mol. The number of benzene rings is 2. The molecule has 5 N–H and O–H groups in total. The highest BCUT2D eigenvalue weighted by molar-refractivity contribution is 5.98. The van der Waals surface area contributed by atoms with E-state index in [9.17, 15) is 32.3 Å². The van der Waals surface area contributed by atoms with Crippen LogP contribution in [0.15, 0.2) is 58.5 Å². The van der Waals surface area contributed by atoms with Gasteiger partial charge in [-0.1, -0.05) is 0 Å². The highest BCUT2D eigenvalue weighted by Gasteiger charge is 2.57. The molecule has 0 fully saturated rings. The Hall–Kier alpha value is -7.34. The van der Waals surface area contributed by atoms with E-state index >= 15 is 17.6 Å². The molecular formula is C38H39F7N12O6. The molecule has 2 aromatic carbocycles. The van der Waals surface area contributed by atoms with Gasteiger partial charge in [0.1, 0.15) is 11.4 Å². The minimum absolute atomic E-state index is 0.00489. The number of primary amides is 2. The van der Waals surface area contributed by atoms with E-state index in [4.69, 9.17) is 21.4 Å². The Bertz CT molecular complexity index is 2780. The van der Waals surface area contributed by atoms with Crippen molar-refractivity contribution in [1.29, 1.82) is 0 Å². The van der Waals surface area contributed by atoms with E-state index in [1.54, 1.807) is 27.7 Å². The van der Waals surface area contributed by atoms with Gasteiger partial charge in [-0.05, 0) is 76.2 Å². The molecule has 0 aliphatic carbocycles. The van der Waals surface area contributed by atoms with Gasteiger partial charge >= 0.3 is 24.0 Å². The highest BCUT2D eigenvalue weighted by atomic mass is 19.4. The Morgan fingerprint density at radius 3 is 1.24 bits per heavy atom. The number of hydrogen-bond donors (Lipinski definition) is 3. The van der Waals surface area contributed by atoms with Gasteiger partial charge in [0.15, 0.2) is 0 Å². The maximum absolute atomic E-state index is 16.4. The Labute approximate surface area is 350 Å². The number of alkyl halides is 7. The molecule has 6 aromatic rings. The largest absolute Gasteiger partial charge is 0.490 e. The molecule has 0 aliphatic heterocycles. The zero-order valence-corrected chi connectivity index (χ0v) is 34.2. The molecule has 18 nitrogen and oxygen atoms in total. The van der Waals surface area contributed by atoms with Crippen molar-refractivity contribution in [2.24, 2.45) is 35.5 Å². The number of imidazole rings is 2. The summed E-state index contributed by atoms with van der Waals surface area (Å²) in [4.78, 5) is 68.1. The smallest absolute Gasteiger partial charge is 0.475 e. The van der Waals surface area contributed by atoms with Crippen LogP contribution < -0.4 is 22.7 Å². The van der Waals surface area contributed by atoms with Gasteiger partial charge in [-0.15, -0.1) is 0 Å². The van der Waals surface area contributed by atoms with Crippen molar-refractivity contribution in [2.75, 3.05) is 0 Å². The SMILES string of the molecule is CCn1nc(C)cc1C(=O)N=c1n(C)c2cc(C(N)=O)ccc2n1CC(F)(F)C(F)(F)Cn1c(=NC(=O)c2cc(C)nn2CC)n(C)c2cc(C(N)=O)ccc21.O=C(O)C(F)(F)F. The van der Waals surface area contributed by atoms with E-state index in [2.05, 4.69) is 20.2 Å². The molecule has 0 bridgehead atoms. The summed E-state index contributed by atoms with van der Waals surface area (Å²) in [7, 11) is 2.74. The van der Waals surface area contributed by atoms with Crippen molar-refractivity contribution in [1.82, 2.24) is 37.8 Å². The third-order valence-corrected chi connectivity index (χ3v) is 9.64. The number of carbonyl (C=O) groups is 5. The van der Waals surface area contributed by atoms with Gasteiger partial charge in [-0.3, -0.25) is 28.5 Å². The first kappa shape index (κ1) is 46.7. The molecule has 25 heteroatoms. The maximum atomic E-state index is 16.4. The van der Waals surface area contributed by atoms with Crippen LogP contribution in [0.3, 0.4) is 0 Å². The minimum atomic E-state index is -5.08. The van der Waals surface area contributed by atoms with Gasteiger partial charge in [0.2, 0.25) is 23.1 Å². The van der Waals surface area contributed by atoms with Crippen molar-refractivity contribution in [3.8, 4) is 0 Å². The van der Waals surface area contributed by atoms with Crippen LogP contribution in [0.1, 0.15) is 66.9 Å². The van der Waals surface area contributed by atoms with Crippen LogP contribution in [-0.2, 0) is 45.1 Å². The summed E-state index contributed by atoms with van der Waals surface area (Å²) in [6.45, 7) is 3.93. The van der Waals surface area contributed by atoms with E-state index in [0.717, 1.165) is 9.13 Å². The maximum Gasteiger partial charge on any atom is 0.490 e. The first-order chi connectivity index (χ1) is 29.2. The van der Waals surface area contributed by atoms with Crippen molar-refractivity contribution < 1.29 is 59.8 Å². The van der Waals surface area contributed by atoms with Crippen LogP contribution in [0.25, 0.3) is 22.1 Å². The monoisotopic (exact) mass is 892 g/mol. The molecular weight excluding hydrogens is 853 g/mol. The summed E-state index contributed by atoms with van der Waals surface area (Å²) >= 11 is 0. The molecule has 0 atom stereocenters. The topological polar surface area (TPSA) is 238 Å². The minimum Gasteiger partial charge on any atom is -0.475 e. The van der Waals surface area contributed by atoms with Crippen LogP contribution in [0.4, 0.5) is 30.7 Å². The second kappa shape index (κ2) is 17.2. The number of carboxylic acid groups (broad SMARTS) is 1. The molecule has 0 aliphatic rings. The Morgan fingerprint density at radius 1 is 0.619 bits per heavy atom. The number of hydrogen-bond acceptors (Lipinski definition) is 7. The Morgan fingerprint density at radius 2 is 0.952 bits per heavy atom. The molecule has 4 amide bonds. The van der Waals surface area contributed by atoms with Crippen molar-refractivity contribution in [2.45, 2.75) is 71.9 Å². The number of carbonyl (C=O) groups excluding carboxylic acids is 4. The predicted molar refractivity (Wildman–Crippen MR) is 208 cm³/mol. The van der Waals surface area contributed by atoms with Gasteiger partial charge < -0.3 is 34.8 Å². The van der Waals surface area contributed by atoms with Crippen LogP contribution in [0, 0.1) is 13.8 Å². The second-order valence-electron chi connectivity index (χ2n) is 14.0. The number of aliphatic carboxylic acids is 1. The van der Waals surface area contributed by atoms with E-state index in [0.29, 0.717) is 11.4 Å². The normalized spacial score (nSPS) is 12.8. The lowest BCUT2D eigenvalue weighted by Gasteiger charge is -2.27. The highest BCUT2D eigenvalue weighted by Crippen LogP contribution is 2.38. The van der Waals surface area contributed by atoms with Crippen molar-refractivity contribution in [3.63, 3.8) is 0 Å². The summed E-state index contributed by atoms with van der Waals surface area (Å²) < 4.78 is 104. The third kappa shape index (κ3) is 9.30. The molecule has 4 aromatic heterocycles. The number of aromatic nitrogens is 8. The van der Waals surface area contributed by atoms with Crippen LogP contribution in [0.5, 0.6) is 0 Å². The van der Waals surface area contributed by atoms with Gasteiger partial charge in [-0.2, -0.15) is 50.9 Å². The number of nitrogens with two attached hydrogens (primary N) is 2. The average Bonchev–Trinajstić information content (AvgIpc) is 3.92. The molecule has 6 rings (SSSR count). The fourth-order valence-electron chi connectivity index (χ4n) is 6.56. The van der Waals surface area contributed by atoms with Gasteiger partial charge in [0.25, 0.3) is 11.8 Å². The molecule has 0 saturated carbocycles. The number of amides is 4. The van der Waals surface area contributed by atoms with E-state index in [1.807, 2.05) is 0 Å². The first-order valence-corrected chi connectivity index (χ1v) is 18.5. The molecule has 0 saturated heterocycles. The van der Waals surface area contributed by atoms with E-state index in [-0.39, 0.29) is 57.7 Å². The van der Waals surface area contributed by atoms with Crippen LogP contribution >= 0.6 is 0 Å². The Kier molecular flexibility index (Phi) is 12.8. The lowest BCUT2D eigenvalue weighted by atomic mass is 10.1. The summed E-state index contributed by atoms with van der Waals surface area (Å²) in [6.07, 6.45) is -5.08. The molecule has 0 spiro atoms. The molecule has 0 unspecified atom stereocenters. The summed E-state index contributed by atoms with van der Waals surface area (Å²) in [5.41, 5.74) is 11.2. The Balaban J connectivity index is 0.000000985. The number of rotatable bonds is 11. The van der Waals surface area contributed by atoms with E-state index < -0.39 is 71.9 Å². The number of carboxylic acids is 1. The standard InChI is InChI=1S/C36H38F4N12O4.C2HF3O2/c1-7-51-27(13-19(3)45-51)31(55)43-33-47(5)25-15-21(29(41)53)9-11-23(25)49(33)17-35(37,38)36(39,40)18-50-24-12-10-22(30(42)54)16-26(24)48(6)34(50)44-32(56)28-14-20(4)46-52(28)8-2;3-2(4,5)1(6)7/h9-16H,7-8,17-18H2,1-6H3,(H2,41,53)(H2,42,54);(H,6,7). The molecule has 63 heavy (non-hydrogen) atoms. The number of halogens is 7. The molecule has 336 valence electrons. The third-order valence-electron chi connectivity index (χ3n) is 9.64. The van der Waals surface area contributed by atoms with Gasteiger partial charge in [-0.25, -0.2) is 4.79 Å². The first-order valence-electron chi connectivity index (χ1n) is 18.5. The summed E-state index contributed by atoms with van der Waals surface area (Å²) in [5.74, 6) is -15.9. The quantitative estimate of drug-likeness (QED) is 0.162. The summed E-state index contributed by atoms with van der Waals surface area (Å²) in [5, 5.41) is 15.6. The van der Waals surface area contributed by atoms with Gasteiger partial charge in [0.05, 0.1) is 46.5 Å². The van der Waals surface area contributed by atoms with Crippen molar-refractivity contribution >= 4 is 51.7 Å².